The van der Waals surface area contributed by atoms with Crippen molar-refractivity contribution in [3.63, 3.8) is 0 Å². The maximum atomic E-state index is 10.7. The first-order chi connectivity index (χ1) is 11.3. The van der Waals surface area contributed by atoms with E-state index in [1.807, 2.05) is 54.6 Å². The fraction of sp³-hybridized carbons (Fsp3) is 0.364. The molecule has 2 heteroatoms. The Hall–Kier alpha value is -2.22. The molecule has 2 aromatic rings. The van der Waals surface area contributed by atoms with E-state index in [2.05, 4.69) is 34.6 Å². The molecule has 0 fully saturated rings. The van der Waals surface area contributed by atoms with Gasteiger partial charge in [0.2, 0.25) is 0 Å². The largest absolute Gasteiger partial charge is 0.480 e. The summed E-state index contributed by atoms with van der Waals surface area (Å²) in [4.78, 5) is 0. The zero-order chi connectivity index (χ0) is 17.7. The third kappa shape index (κ3) is 4.64. The molecule has 0 bridgehead atoms. The number of rotatable bonds is 5. The maximum Gasteiger partial charge on any atom is 0.286 e. The lowest BCUT2D eigenvalue weighted by Gasteiger charge is -2.23. The second-order valence-corrected chi connectivity index (χ2v) is 7.60. The second-order valence-electron chi connectivity index (χ2n) is 7.60. The topological polar surface area (TPSA) is 29.5 Å². The van der Waals surface area contributed by atoms with Crippen LogP contribution in [-0.2, 0) is 5.41 Å². The molecule has 0 aliphatic rings. The van der Waals surface area contributed by atoms with Crippen LogP contribution in [0, 0.1) is 5.92 Å². The molecular weight excluding hydrogens is 296 g/mol. The molecule has 0 heterocycles. The number of benzene rings is 2. The standard InChI is InChI=1S/C22H28O2/c1-16(2)15-18(17-11-7-6-8-12-17)21(23)24-20-14-10-9-13-19(20)22(3,4)5/h6-14,16,23H,15H2,1-5H3/b21-18+. The van der Waals surface area contributed by atoms with Crippen LogP contribution in [0.3, 0.4) is 0 Å². The van der Waals surface area contributed by atoms with Gasteiger partial charge >= 0.3 is 0 Å². The van der Waals surface area contributed by atoms with Crippen LogP contribution in [0.1, 0.15) is 52.2 Å². The summed E-state index contributed by atoms with van der Waals surface area (Å²) < 4.78 is 5.92. The summed E-state index contributed by atoms with van der Waals surface area (Å²) in [5.41, 5.74) is 2.86. The third-order valence-electron chi connectivity index (χ3n) is 3.89. The van der Waals surface area contributed by atoms with E-state index in [-0.39, 0.29) is 11.4 Å². The molecule has 2 rings (SSSR count). The Bertz CT molecular complexity index is 691. The Kier molecular flexibility index (Phi) is 5.71. The summed E-state index contributed by atoms with van der Waals surface area (Å²) in [5, 5.41) is 10.7. The number of hydrogen-bond acceptors (Lipinski definition) is 2. The van der Waals surface area contributed by atoms with Crippen LogP contribution in [0.5, 0.6) is 5.75 Å². The first-order valence-electron chi connectivity index (χ1n) is 8.54. The summed E-state index contributed by atoms with van der Waals surface area (Å²) in [6, 6.07) is 17.8. The van der Waals surface area contributed by atoms with E-state index in [4.69, 9.17) is 4.74 Å². The van der Waals surface area contributed by atoms with Crippen molar-refractivity contribution < 1.29 is 9.84 Å². The van der Waals surface area contributed by atoms with Crippen molar-refractivity contribution in [1.82, 2.24) is 0 Å². The molecule has 0 atom stereocenters. The Balaban J connectivity index is 2.43. The average Bonchev–Trinajstić information content (AvgIpc) is 2.52. The molecule has 0 aliphatic heterocycles. The molecule has 0 amide bonds. The number of ether oxygens (including phenoxy) is 1. The van der Waals surface area contributed by atoms with Crippen LogP contribution in [-0.4, -0.2) is 5.11 Å². The Labute approximate surface area is 145 Å². The molecule has 2 nitrogen and oxygen atoms in total. The van der Waals surface area contributed by atoms with Crippen molar-refractivity contribution >= 4 is 5.57 Å². The zero-order valence-corrected chi connectivity index (χ0v) is 15.3. The minimum absolute atomic E-state index is 0.00778. The van der Waals surface area contributed by atoms with Crippen molar-refractivity contribution in [2.75, 3.05) is 0 Å². The summed E-state index contributed by atoms with van der Waals surface area (Å²) >= 11 is 0. The van der Waals surface area contributed by atoms with Crippen molar-refractivity contribution in [2.24, 2.45) is 5.92 Å². The van der Waals surface area contributed by atoms with Crippen molar-refractivity contribution in [1.29, 1.82) is 0 Å². The smallest absolute Gasteiger partial charge is 0.286 e. The normalized spacial score (nSPS) is 12.9. The third-order valence-corrected chi connectivity index (χ3v) is 3.89. The molecule has 2 aromatic carbocycles. The van der Waals surface area contributed by atoms with Crippen molar-refractivity contribution in [3.05, 3.63) is 71.7 Å². The van der Waals surface area contributed by atoms with Crippen LogP contribution in [0.25, 0.3) is 5.57 Å². The van der Waals surface area contributed by atoms with Crippen LogP contribution >= 0.6 is 0 Å². The van der Waals surface area contributed by atoms with Gasteiger partial charge in [-0.3, -0.25) is 0 Å². The molecule has 0 radical (unpaired) electrons. The highest BCUT2D eigenvalue weighted by molar-refractivity contribution is 5.66. The molecule has 0 saturated carbocycles. The van der Waals surface area contributed by atoms with E-state index in [0.29, 0.717) is 11.7 Å². The van der Waals surface area contributed by atoms with Gasteiger partial charge in [0.15, 0.2) is 0 Å². The molecule has 1 N–H and O–H groups in total. The highest BCUT2D eigenvalue weighted by atomic mass is 16.6. The summed E-state index contributed by atoms with van der Waals surface area (Å²) in [6.45, 7) is 10.7. The quantitative estimate of drug-likeness (QED) is 0.651. The van der Waals surface area contributed by atoms with E-state index in [0.717, 1.165) is 23.1 Å². The van der Waals surface area contributed by atoms with Crippen molar-refractivity contribution in [2.45, 2.75) is 46.5 Å². The van der Waals surface area contributed by atoms with E-state index in [1.165, 1.54) is 0 Å². The monoisotopic (exact) mass is 324 g/mol. The Morgan fingerprint density at radius 1 is 0.958 bits per heavy atom. The van der Waals surface area contributed by atoms with Gasteiger partial charge in [0, 0.05) is 11.1 Å². The van der Waals surface area contributed by atoms with Gasteiger partial charge in [-0.1, -0.05) is 83.1 Å². The molecule has 128 valence electrons. The van der Waals surface area contributed by atoms with Gasteiger partial charge in [0.05, 0.1) is 0 Å². The highest BCUT2D eigenvalue weighted by Gasteiger charge is 2.20. The Morgan fingerprint density at radius 2 is 1.54 bits per heavy atom. The molecule has 0 unspecified atom stereocenters. The van der Waals surface area contributed by atoms with Gasteiger partial charge in [-0.05, 0) is 29.4 Å². The molecule has 0 saturated heterocycles. The maximum absolute atomic E-state index is 10.7. The van der Waals surface area contributed by atoms with E-state index >= 15 is 0 Å². The fourth-order valence-corrected chi connectivity index (χ4v) is 2.72. The SMILES string of the molecule is CC(C)C/C(=C(/O)Oc1ccccc1C(C)(C)C)c1ccccc1. The molecular formula is C22H28O2. The van der Waals surface area contributed by atoms with Gasteiger partial charge in [-0.25, -0.2) is 0 Å². The van der Waals surface area contributed by atoms with Crippen LogP contribution in [0.15, 0.2) is 60.5 Å². The summed E-state index contributed by atoms with van der Waals surface area (Å²) in [7, 11) is 0. The molecule has 24 heavy (non-hydrogen) atoms. The van der Waals surface area contributed by atoms with E-state index in [9.17, 15) is 5.11 Å². The number of para-hydroxylation sites is 1. The van der Waals surface area contributed by atoms with Crippen LogP contribution in [0.2, 0.25) is 0 Å². The Morgan fingerprint density at radius 3 is 2.12 bits per heavy atom. The second kappa shape index (κ2) is 7.57. The first-order valence-corrected chi connectivity index (χ1v) is 8.54. The van der Waals surface area contributed by atoms with Gasteiger partial charge in [-0.15, -0.1) is 0 Å². The lowest BCUT2D eigenvalue weighted by Crippen LogP contribution is -2.13. The van der Waals surface area contributed by atoms with E-state index < -0.39 is 0 Å². The predicted molar refractivity (Wildman–Crippen MR) is 101 cm³/mol. The van der Waals surface area contributed by atoms with Crippen molar-refractivity contribution in [3.8, 4) is 5.75 Å². The summed E-state index contributed by atoms with van der Waals surface area (Å²) in [5.74, 6) is 1.12. The number of aliphatic hydroxyl groups excluding tert-OH is 1. The molecule has 0 spiro atoms. The lowest BCUT2D eigenvalue weighted by molar-refractivity contribution is 0.207. The fourth-order valence-electron chi connectivity index (χ4n) is 2.72. The highest BCUT2D eigenvalue weighted by Crippen LogP contribution is 2.33. The number of aliphatic hydroxyl groups is 1. The average molecular weight is 324 g/mol. The molecule has 0 aromatic heterocycles. The minimum atomic E-state index is -0.0537. The zero-order valence-electron chi connectivity index (χ0n) is 15.3. The number of hydrogen-bond donors (Lipinski definition) is 1. The predicted octanol–water partition coefficient (Wildman–Crippen LogP) is 6.34. The van der Waals surface area contributed by atoms with Gasteiger partial charge in [0.25, 0.3) is 5.95 Å². The van der Waals surface area contributed by atoms with Crippen LogP contribution < -0.4 is 4.74 Å². The lowest BCUT2D eigenvalue weighted by atomic mass is 9.86. The van der Waals surface area contributed by atoms with Crippen LogP contribution in [0.4, 0.5) is 0 Å². The summed E-state index contributed by atoms with van der Waals surface area (Å²) in [6.07, 6.45) is 0.757. The van der Waals surface area contributed by atoms with E-state index in [1.54, 1.807) is 0 Å². The van der Waals surface area contributed by atoms with Gasteiger partial charge in [0.1, 0.15) is 5.75 Å². The van der Waals surface area contributed by atoms with Gasteiger partial charge < -0.3 is 9.84 Å². The van der Waals surface area contributed by atoms with Gasteiger partial charge in [-0.2, -0.15) is 0 Å². The minimum Gasteiger partial charge on any atom is -0.480 e. The number of allylic oxidation sites excluding steroid dienone is 1. The molecule has 0 aliphatic carbocycles. The first kappa shape index (κ1) is 18.1.